The Kier molecular flexibility index (Phi) is 5.40. The Morgan fingerprint density at radius 1 is 1.27 bits per heavy atom. The van der Waals surface area contributed by atoms with Crippen molar-refractivity contribution in [3.05, 3.63) is 64.8 Å². The van der Waals surface area contributed by atoms with Crippen molar-refractivity contribution in [3.8, 4) is 0 Å². The quantitative estimate of drug-likeness (QED) is 0.595. The zero-order valence-electron chi connectivity index (χ0n) is 17.7. The smallest absolute Gasteiger partial charge is 0.229 e. The molecule has 30 heavy (non-hydrogen) atoms. The lowest BCUT2D eigenvalue weighted by Gasteiger charge is -2.26. The van der Waals surface area contributed by atoms with Gasteiger partial charge in [0.15, 0.2) is 5.69 Å². The summed E-state index contributed by atoms with van der Waals surface area (Å²) in [6.45, 7) is 16.5. The first-order valence-corrected chi connectivity index (χ1v) is 9.62. The predicted octanol–water partition coefficient (Wildman–Crippen LogP) is 5.03. The molecule has 0 saturated carbocycles. The van der Waals surface area contributed by atoms with E-state index in [1.165, 1.54) is 25.1 Å². The molecule has 0 aliphatic carbocycles. The number of fused-ring (bicyclic) bond motifs is 1. The number of amides is 1. The highest BCUT2D eigenvalue weighted by Crippen LogP contribution is 2.33. The number of nitrogens with one attached hydrogen (secondary N) is 1. The molecule has 1 atom stereocenters. The van der Waals surface area contributed by atoms with Gasteiger partial charge in [0.1, 0.15) is 5.82 Å². The molecule has 1 aromatic heterocycles. The van der Waals surface area contributed by atoms with E-state index in [-0.39, 0.29) is 12.0 Å². The van der Waals surface area contributed by atoms with Gasteiger partial charge < -0.3 is 9.67 Å². The fourth-order valence-electron chi connectivity index (χ4n) is 3.58. The van der Waals surface area contributed by atoms with Gasteiger partial charge in [0.25, 0.3) is 0 Å². The van der Waals surface area contributed by atoms with Gasteiger partial charge in [-0.25, -0.2) is 14.2 Å². The molecule has 156 valence electrons. The summed E-state index contributed by atoms with van der Waals surface area (Å²) in [6, 6.07) is 9.43. The minimum absolute atomic E-state index is 0.0572. The standard InChI is InChI=1S/C23H25FN4O2/c1-14-11-18-19(12-17(14)25-6)28(22(2,3)4)21(26-18)27-20(29)13-23(5,30)15-9-7-8-10-16(15)24/h7-12,30H,13H2,1-5H3,(H,26,27,29)/t23-/m0/s1. The number of aliphatic hydroxyl groups is 1. The monoisotopic (exact) mass is 408 g/mol. The number of aryl methyl sites for hydroxylation is 1. The number of hydrogen-bond donors (Lipinski definition) is 2. The van der Waals surface area contributed by atoms with E-state index in [1.54, 1.807) is 12.1 Å². The van der Waals surface area contributed by atoms with E-state index < -0.39 is 22.9 Å². The number of imidazole rings is 1. The zero-order chi connectivity index (χ0) is 22.3. The Morgan fingerprint density at radius 2 is 1.93 bits per heavy atom. The molecule has 0 fully saturated rings. The van der Waals surface area contributed by atoms with Gasteiger partial charge >= 0.3 is 0 Å². The van der Waals surface area contributed by atoms with Crippen LogP contribution in [0.3, 0.4) is 0 Å². The molecule has 2 N–H and O–H groups in total. The summed E-state index contributed by atoms with van der Waals surface area (Å²) in [5.74, 6) is -0.751. The molecule has 0 aliphatic heterocycles. The molecule has 2 aromatic carbocycles. The summed E-state index contributed by atoms with van der Waals surface area (Å²) in [4.78, 5) is 20.9. The van der Waals surface area contributed by atoms with E-state index >= 15 is 0 Å². The third-order valence-corrected chi connectivity index (χ3v) is 4.97. The predicted molar refractivity (Wildman–Crippen MR) is 115 cm³/mol. The largest absolute Gasteiger partial charge is 0.385 e. The maximum Gasteiger partial charge on any atom is 0.229 e. The van der Waals surface area contributed by atoms with E-state index in [1.807, 2.05) is 38.3 Å². The van der Waals surface area contributed by atoms with Crippen LogP contribution in [0.1, 0.15) is 45.2 Å². The molecule has 1 amide bonds. The SMILES string of the molecule is [C-]#[N+]c1cc2c(cc1C)nc(NC(=O)C[C@](C)(O)c1ccccc1F)n2C(C)(C)C. The van der Waals surface area contributed by atoms with Crippen LogP contribution < -0.4 is 5.32 Å². The molecule has 0 bridgehead atoms. The Labute approximate surface area is 175 Å². The number of nitrogens with zero attached hydrogens (tertiary/aromatic N) is 3. The fourth-order valence-corrected chi connectivity index (χ4v) is 3.58. The zero-order valence-corrected chi connectivity index (χ0v) is 17.7. The van der Waals surface area contributed by atoms with Gasteiger partial charge in [0.05, 0.1) is 29.6 Å². The van der Waals surface area contributed by atoms with Crippen LogP contribution in [0, 0.1) is 19.3 Å². The first kappa shape index (κ1) is 21.5. The number of anilines is 1. The van der Waals surface area contributed by atoms with Gasteiger partial charge in [0, 0.05) is 11.1 Å². The molecule has 3 aromatic rings. The second-order valence-electron chi connectivity index (χ2n) is 8.66. The first-order chi connectivity index (χ1) is 13.9. The van der Waals surface area contributed by atoms with Crippen LogP contribution in [-0.2, 0) is 15.9 Å². The molecule has 0 saturated heterocycles. The van der Waals surface area contributed by atoms with E-state index in [4.69, 9.17) is 6.57 Å². The van der Waals surface area contributed by atoms with Gasteiger partial charge in [-0.05, 0) is 58.4 Å². The third-order valence-electron chi connectivity index (χ3n) is 4.97. The minimum Gasteiger partial charge on any atom is -0.385 e. The second-order valence-corrected chi connectivity index (χ2v) is 8.66. The molecule has 0 spiro atoms. The van der Waals surface area contributed by atoms with Crippen LogP contribution in [-0.4, -0.2) is 20.6 Å². The summed E-state index contributed by atoms with van der Waals surface area (Å²) in [6.07, 6.45) is -0.340. The van der Waals surface area contributed by atoms with Crippen LogP contribution in [0.5, 0.6) is 0 Å². The number of benzene rings is 2. The van der Waals surface area contributed by atoms with Crippen LogP contribution in [0.4, 0.5) is 16.0 Å². The molecule has 0 radical (unpaired) electrons. The molecule has 0 unspecified atom stereocenters. The van der Waals surface area contributed by atoms with Gasteiger partial charge in [0.2, 0.25) is 11.9 Å². The summed E-state index contributed by atoms with van der Waals surface area (Å²) in [5, 5.41) is 13.5. The lowest BCUT2D eigenvalue weighted by Crippen LogP contribution is -2.31. The molecular weight excluding hydrogens is 383 g/mol. The minimum atomic E-state index is -1.68. The Hall–Kier alpha value is -3.24. The summed E-state index contributed by atoms with van der Waals surface area (Å²) in [5.41, 5.74) is 0.662. The van der Waals surface area contributed by atoms with Crippen LogP contribution >= 0.6 is 0 Å². The van der Waals surface area contributed by atoms with Gasteiger partial charge in [-0.15, -0.1) is 0 Å². The van der Waals surface area contributed by atoms with Crippen LogP contribution in [0.2, 0.25) is 0 Å². The molecule has 0 aliphatic rings. The Bertz CT molecular complexity index is 1170. The highest BCUT2D eigenvalue weighted by molar-refractivity contribution is 5.93. The van der Waals surface area contributed by atoms with Crippen molar-refractivity contribution in [2.75, 3.05) is 5.32 Å². The van der Waals surface area contributed by atoms with Crippen molar-refractivity contribution in [1.82, 2.24) is 9.55 Å². The van der Waals surface area contributed by atoms with Gasteiger partial charge in [-0.1, -0.05) is 18.2 Å². The number of hydrogen-bond acceptors (Lipinski definition) is 3. The number of aromatic nitrogens is 2. The third kappa shape index (κ3) is 4.05. The lowest BCUT2D eigenvalue weighted by atomic mass is 9.92. The normalized spacial score (nSPS) is 13.7. The van der Waals surface area contributed by atoms with Crippen molar-refractivity contribution in [1.29, 1.82) is 0 Å². The van der Waals surface area contributed by atoms with Crippen molar-refractivity contribution in [3.63, 3.8) is 0 Å². The van der Waals surface area contributed by atoms with Crippen LogP contribution in [0.25, 0.3) is 15.9 Å². The van der Waals surface area contributed by atoms with Crippen LogP contribution in [0.15, 0.2) is 36.4 Å². The average molecular weight is 408 g/mol. The van der Waals surface area contributed by atoms with Gasteiger partial charge in [-0.3, -0.25) is 10.1 Å². The van der Waals surface area contributed by atoms with E-state index in [2.05, 4.69) is 15.1 Å². The van der Waals surface area contributed by atoms with E-state index in [0.717, 1.165) is 11.1 Å². The second kappa shape index (κ2) is 7.54. The number of carbonyl (C=O) groups excluding carboxylic acids is 1. The maximum atomic E-state index is 14.1. The first-order valence-electron chi connectivity index (χ1n) is 9.62. The summed E-state index contributed by atoms with van der Waals surface area (Å²) < 4.78 is 16.0. The molecular formula is C23H25FN4O2. The van der Waals surface area contributed by atoms with Crippen molar-refractivity contribution in [2.24, 2.45) is 0 Å². The lowest BCUT2D eigenvalue weighted by molar-refractivity contribution is -0.120. The van der Waals surface area contributed by atoms with E-state index in [0.29, 0.717) is 17.2 Å². The topological polar surface area (TPSA) is 71.5 Å². The van der Waals surface area contributed by atoms with Gasteiger partial charge in [-0.2, -0.15) is 0 Å². The molecule has 7 heteroatoms. The van der Waals surface area contributed by atoms with E-state index in [9.17, 15) is 14.3 Å². The molecule has 1 heterocycles. The molecule has 3 rings (SSSR count). The number of carbonyl (C=O) groups is 1. The summed E-state index contributed by atoms with van der Waals surface area (Å²) >= 11 is 0. The Morgan fingerprint density at radius 3 is 2.53 bits per heavy atom. The number of rotatable bonds is 4. The highest BCUT2D eigenvalue weighted by Gasteiger charge is 2.31. The Balaban J connectivity index is 1.98. The molecule has 6 nitrogen and oxygen atoms in total. The highest BCUT2D eigenvalue weighted by atomic mass is 19.1. The fraction of sp³-hybridized carbons (Fsp3) is 0.348. The maximum absolute atomic E-state index is 14.1. The van der Waals surface area contributed by atoms with Crippen molar-refractivity contribution < 1.29 is 14.3 Å². The van der Waals surface area contributed by atoms with Crippen molar-refractivity contribution in [2.45, 2.75) is 52.2 Å². The number of halogens is 1. The average Bonchev–Trinajstić information content (AvgIpc) is 2.97. The van der Waals surface area contributed by atoms with Crippen molar-refractivity contribution >= 4 is 28.6 Å². The summed E-state index contributed by atoms with van der Waals surface area (Å²) in [7, 11) is 0.